The van der Waals surface area contributed by atoms with E-state index in [4.69, 9.17) is 4.52 Å². The fraction of sp³-hybridized carbons (Fsp3) is 0.500. The molecule has 3 aromatic rings. The maximum Gasteiger partial charge on any atom is 0.223 e. The first-order valence-corrected chi connectivity index (χ1v) is 9.01. The molecule has 1 atom stereocenters. The molecule has 8 heteroatoms. The zero-order valence-electron chi connectivity index (χ0n) is 13.8. The molecule has 3 aromatic heterocycles. The van der Waals surface area contributed by atoms with Crippen LogP contribution in [0.25, 0.3) is 10.2 Å². The SMILES string of the molecule is Cc1nc(CN2CCC[C@@H](N(C)c3ncnc4ccsc34)C2)no1. The topological polar surface area (TPSA) is 71.2 Å². The number of hydrogen-bond acceptors (Lipinski definition) is 8. The molecule has 0 amide bonds. The number of hydrogen-bond donors (Lipinski definition) is 0. The van der Waals surface area contributed by atoms with Gasteiger partial charge in [0.2, 0.25) is 5.89 Å². The van der Waals surface area contributed by atoms with E-state index in [-0.39, 0.29) is 0 Å². The van der Waals surface area contributed by atoms with Gasteiger partial charge in [0.15, 0.2) is 5.82 Å². The number of nitrogens with zero attached hydrogens (tertiary/aromatic N) is 6. The zero-order valence-corrected chi connectivity index (χ0v) is 14.7. The van der Waals surface area contributed by atoms with E-state index in [0.29, 0.717) is 11.9 Å². The average molecular weight is 344 g/mol. The predicted octanol–water partition coefficient (Wildman–Crippen LogP) is 2.48. The average Bonchev–Trinajstić information content (AvgIpc) is 3.23. The van der Waals surface area contributed by atoms with E-state index in [0.717, 1.165) is 54.3 Å². The molecule has 0 saturated carbocycles. The number of aromatic nitrogens is 4. The molecule has 1 aliphatic rings. The van der Waals surface area contributed by atoms with Crippen LogP contribution in [0.2, 0.25) is 0 Å². The van der Waals surface area contributed by atoms with E-state index in [1.165, 1.54) is 0 Å². The van der Waals surface area contributed by atoms with Crippen molar-refractivity contribution in [2.75, 3.05) is 25.0 Å². The molecule has 0 radical (unpaired) electrons. The summed E-state index contributed by atoms with van der Waals surface area (Å²) in [7, 11) is 2.13. The molecule has 126 valence electrons. The molecule has 1 fully saturated rings. The summed E-state index contributed by atoms with van der Waals surface area (Å²) in [4.78, 5) is 17.9. The van der Waals surface area contributed by atoms with Gasteiger partial charge in [0.1, 0.15) is 12.1 Å². The van der Waals surface area contributed by atoms with Crippen LogP contribution in [-0.2, 0) is 6.54 Å². The monoisotopic (exact) mass is 344 g/mol. The number of thiophene rings is 1. The largest absolute Gasteiger partial charge is 0.354 e. The summed E-state index contributed by atoms with van der Waals surface area (Å²) in [6.45, 7) is 4.60. The summed E-state index contributed by atoms with van der Waals surface area (Å²) in [5.74, 6) is 2.41. The molecule has 1 aliphatic heterocycles. The van der Waals surface area contributed by atoms with Crippen molar-refractivity contribution in [1.29, 1.82) is 0 Å². The van der Waals surface area contributed by atoms with Crippen molar-refractivity contribution in [1.82, 2.24) is 25.0 Å². The zero-order chi connectivity index (χ0) is 16.5. The van der Waals surface area contributed by atoms with Crippen LogP contribution in [0.15, 0.2) is 22.3 Å². The van der Waals surface area contributed by atoms with Crippen LogP contribution in [0.5, 0.6) is 0 Å². The van der Waals surface area contributed by atoms with Crippen molar-refractivity contribution in [2.45, 2.75) is 32.4 Å². The highest BCUT2D eigenvalue weighted by Gasteiger charge is 2.26. The Kier molecular flexibility index (Phi) is 4.15. The number of likely N-dealkylation sites (tertiary alicyclic amines) is 1. The standard InChI is InChI=1S/C16H20N6OS/c1-11-19-14(20-23-11)9-22-6-3-4-12(8-22)21(2)16-15-13(5-7-24-15)17-10-18-16/h5,7,10,12H,3-4,6,8-9H2,1-2H3/t12-/m1/s1. The number of likely N-dealkylation sites (N-methyl/N-ethyl adjacent to an activating group) is 1. The number of anilines is 1. The maximum absolute atomic E-state index is 5.08. The van der Waals surface area contributed by atoms with Crippen molar-refractivity contribution in [3.8, 4) is 0 Å². The van der Waals surface area contributed by atoms with Crippen LogP contribution < -0.4 is 4.90 Å². The van der Waals surface area contributed by atoms with Gasteiger partial charge < -0.3 is 9.42 Å². The lowest BCUT2D eigenvalue weighted by Gasteiger charge is -2.37. The minimum Gasteiger partial charge on any atom is -0.354 e. The van der Waals surface area contributed by atoms with Gasteiger partial charge in [-0.05, 0) is 30.8 Å². The van der Waals surface area contributed by atoms with Crippen molar-refractivity contribution in [3.63, 3.8) is 0 Å². The van der Waals surface area contributed by atoms with E-state index in [1.54, 1.807) is 17.7 Å². The van der Waals surface area contributed by atoms with Gasteiger partial charge in [0, 0.05) is 26.6 Å². The molecular formula is C16H20N6OS. The van der Waals surface area contributed by atoms with Gasteiger partial charge in [0.25, 0.3) is 0 Å². The fourth-order valence-electron chi connectivity index (χ4n) is 3.30. The third-order valence-corrected chi connectivity index (χ3v) is 5.42. The van der Waals surface area contributed by atoms with Crippen LogP contribution in [0.1, 0.15) is 24.6 Å². The van der Waals surface area contributed by atoms with Crippen molar-refractivity contribution in [3.05, 3.63) is 29.5 Å². The molecule has 0 bridgehead atoms. The summed E-state index contributed by atoms with van der Waals surface area (Å²) in [6, 6.07) is 2.47. The van der Waals surface area contributed by atoms with E-state index < -0.39 is 0 Å². The Labute approximate surface area is 144 Å². The van der Waals surface area contributed by atoms with E-state index in [1.807, 2.05) is 13.0 Å². The molecule has 0 aliphatic carbocycles. The van der Waals surface area contributed by atoms with E-state index in [9.17, 15) is 0 Å². The van der Waals surface area contributed by atoms with Crippen LogP contribution in [0, 0.1) is 6.92 Å². The molecule has 4 heterocycles. The molecule has 7 nitrogen and oxygen atoms in total. The van der Waals surface area contributed by atoms with Gasteiger partial charge in [-0.15, -0.1) is 11.3 Å². The highest BCUT2D eigenvalue weighted by atomic mass is 32.1. The lowest BCUT2D eigenvalue weighted by Crippen LogP contribution is -2.46. The third kappa shape index (κ3) is 2.99. The predicted molar refractivity (Wildman–Crippen MR) is 93.2 cm³/mol. The van der Waals surface area contributed by atoms with Crippen LogP contribution in [0.3, 0.4) is 0 Å². The van der Waals surface area contributed by atoms with Crippen molar-refractivity contribution >= 4 is 27.4 Å². The molecule has 1 saturated heterocycles. The molecule has 24 heavy (non-hydrogen) atoms. The van der Waals surface area contributed by atoms with Gasteiger partial charge in [-0.3, -0.25) is 4.90 Å². The molecular weight excluding hydrogens is 324 g/mol. The Bertz CT molecular complexity index is 831. The highest BCUT2D eigenvalue weighted by molar-refractivity contribution is 7.17. The quantitative estimate of drug-likeness (QED) is 0.720. The van der Waals surface area contributed by atoms with Crippen LogP contribution in [-0.4, -0.2) is 51.2 Å². The summed E-state index contributed by atoms with van der Waals surface area (Å²) >= 11 is 1.70. The van der Waals surface area contributed by atoms with Gasteiger partial charge in [0.05, 0.1) is 16.8 Å². The smallest absolute Gasteiger partial charge is 0.223 e. The second kappa shape index (κ2) is 6.45. The third-order valence-electron chi connectivity index (χ3n) is 4.52. The summed E-state index contributed by atoms with van der Waals surface area (Å²) in [6.07, 6.45) is 3.98. The van der Waals surface area contributed by atoms with Gasteiger partial charge in [-0.1, -0.05) is 5.16 Å². The summed E-state index contributed by atoms with van der Waals surface area (Å²) in [5, 5.41) is 6.08. The maximum atomic E-state index is 5.08. The first kappa shape index (κ1) is 15.5. The molecule has 0 aromatic carbocycles. The number of fused-ring (bicyclic) bond motifs is 1. The summed E-state index contributed by atoms with van der Waals surface area (Å²) < 4.78 is 6.23. The number of aryl methyl sites for hydroxylation is 1. The Balaban J connectivity index is 1.50. The lowest BCUT2D eigenvalue weighted by atomic mass is 10.0. The second-order valence-electron chi connectivity index (χ2n) is 6.20. The normalized spacial score (nSPS) is 19.0. The van der Waals surface area contributed by atoms with Crippen LogP contribution >= 0.6 is 11.3 Å². The Morgan fingerprint density at radius 1 is 1.42 bits per heavy atom. The molecule has 0 spiro atoms. The van der Waals surface area contributed by atoms with E-state index >= 15 is 0 Å². The van der Waals surface area contributed by atoms with Crippen molar-refractivity contribution in [2.24, 2.45) is 0 Å². The Morgan fingerprint density at radius 2 is 2.33 bits per heavy atom. The first-order valence-electron chi connectivity index (χ1n) is 8.13. The molecule has 0 N–H and O–H groups in total. The van der Waals surface area contributed by atoms with Gasteiger partial charge >= 0.3 is 0 Å². The Morgan fingerprint density at radius 3 is 3.17 bits per heavy atom. The minimum atomic E-state index is 0.423. The summed E-state index contributed by atoms with van der Waals surface area (Å²) in [5.41, 5.74) is 1.02. The van der Waals surface area contributed by atoms with E-state index in [2.05, 4.69) is 42.3 Å². The second-order valence-corrected chi connectivity index (χ2v) is 7.12. The molecule has 4 rings (SSSR count). The van der Waals surface area contributed by atoms with Gasteiger partial charge in [-0.25, -0.2) is 9.97 Å². The molecule has 0 unspecified atom stereocenters. The van der Waals surface area contributed by atoms with Crippen LogP contribution in [0.4, 0.5) is 5.82 Å². The Hall–Kier alpha value is -2.06. The fourth-order valence-corrected chi connectivity index (χ4v) is 4.17. The number of piperidine rings is 1. The number of rotatable bonds is 4. The first-order chi connectivity index (χ1) is 11.7. The lowest BCUT2D eigenvalue weighted by molar-refractivity contribution is 0.192. The highest BCUT2D eigenvalue weighted by Crippen LogP contribution is 2.30. The van der Waals surface area contributed by atoms with Crippen molar-refractivity contribution < 1.29 is 4.52 Å². The minimum absolute atomic E-state index is 0.423. The van der Waals surface area contributed by atoms with Gasteiger partial charge in [-0.2, -0.15) is 4.98 Å².